The molecular formula is C16H12N2OS2. The van der Waals surface area contributed by atoms with Crippen LogP contribution in [-0.4, -0.2) is 26.7 Å². The fourth-order valence-electron chi connectivity index (χ4n) is 2.17. The zero-order valence-electron chi connectivity index (χ0n) is 11.2. The van der Waals surface area contributed by atoms with Crippen molar-refractivity contribution in [2.24, 2.45) is 0 Å². The zero-order chi connectivity index (χ0) is 14.8. The smallest absolute Gasteiger partial charge is 0.266 e. The summed E-state index contributed by atoms with van der Waals surface area (Å²) in [4.78, 5) is 18.9. The SMILES string of the molecule is C=CCN1C(=O)/C(=C/c2ccnc3ccccc23)SC1=S. The molecule has 0 atom stereocenters. The van der Waals surface area contributed by atoms with Crippen LogP contribution in [0.4, 0.5) is 0 Å². The van der Waals surface area contributed by atoms with E-state index < -0.39 is 0 Å². The molecule has 5 heteroatoms. The van der Waals surface area contributed by atoms with E-state index >= 15 is 0 Å². The van der Waals surface area contributed by atoms with Crippen LogP contribution >= 0.6 is 24.0 Å². The molecule has 1 aromatic carbocycles. The van der Waals surface area contributed by atoms with E-state index in [0.29, 0.717) is 15.8 Å². The van der Waals surface area contributed by atoms with Gasteiger partial charge in [0.05, 0.1) is 10.4 Å². The Kier molecular flexibility index (Phi) is 3.86. The highest BCUT2D eigenvalue weighted by molar-refractivity contribution is 8.26. The third-order valence-corrected chi connectivity index (χ3v) is 4.53. The van der Waals surface area contributed by atoms with Gasteiger partial charge >= 0.3 is 0 Å². The van der Waals surface area contributed by atoms with Crippen molar-refractivity contribution in [2.45, 2.75) is 0 Å². The number of thiocarbonyl (C=S) groups is 1. The maximum Gasteiger partial charge on any atom is 0.266 e. The lowest BCUT2D eigenvalue weighted by Crippen LogP contribution is -2.27. The second-order valence-corrected chi connectivity index (χ2v) is 6.17. The summed E-state index contributed by atoms with van der Waals surface area (Å²) in [6.07, 6.45) is 5.31. The number of carbonyl (C=O) groups is 1. The van der Waals surface area contributed by atoms with Crippen LogP contribution in [0, 0.1) is 0 Å². The number of carbonyl (C=O) groups excluding carboxylic acids is 1. The van der Waals surface area contributed by atoms with Gasteiger partial charge in [0, 0.05) is 18.1 Å². The molecule has 104 valence electrons. The van der Waals surface area contributed by atoms with Gasteiger partial charge in [0.1, 0.15) is 4.32 Å². The molecule has 1 aliphatic heterocycles. The first-order valence-electron chi connectivity index (χ1n) is 6.40. The van der Waals surface area contributed by atoms with E-state index in [2.05, 4.69) is 11.6 Å². The van der Waals surface area contributed by atoms with E-state index in [4.69, 9.17) is 12.2 Å². The van der Waals surface area contributed by atoms with Crippen LogP contribution in [0.15, 0.2) is 54.1 Å². The van der Waals surface area contributed by atoms with Gasteiger partial charge in [-0.15, -0.1) is 6.58 Å². The number of hydrogen-bond donors (Lipinski definition) is 0. The van der Waals surface area contributed by atoms with Gasteiger partial charge in [0.2, 0.25) is 0 Å². The number of hydrogen-bond acceptors (Lipinski definition) is 4. The van der Waals surface area contributed by atoms with Crippen LogP contribution < -0.4 is 0 Å². The largest absolute Gasteiger partial charge is 0.289 e. The summed E-state index contributed by atoms with van der Waals surface area (Å²) in [5.74, 6) is -0.0641. The Morgan fingerprint density at radius 1 is 1.33 bits per heavy atom. The molecule has 21 heavy (non-hydrogen) atoms. The number of pyridine rings is 1. The summed E-state index contributed by atoms with van der Waals surface area (Å²) in [5.41, 5.74) is 1.88. The standard InChI is InChI=1S/C16H12N2OS2/c1-2-9-18-15(19)14(21-16(18)20)10-11-7-8-17-13-6-4-3-5-12(11)13/h2-8,10H,1,9H2/b14-10-. The van der Waals surface area contributed by atoms with E-state index in [0.717, 1.165) is 16.5 Å². The average molecular weight is 312 g/mol. The number of fused-ring (bicyclic) bond motifs is 1. The first kappa shape index (κ1) is 14.0. The molecular weight excluding hydrogens is 300 g/mol. The quantitative estimate of drug-likeness (QED) is 0.492. The van der Waals surface area contributed by atoms with Crippen molar-refractivity contribution in [1.29, 1.82) is 0 Å². The predicted molar refractivity (Wildman–Crippen MR) is 91.8 cm³/mol. The highest BCUT2D eigenvalue weighted by atomic mass is 32.2. The Morgan fingerprint density at radius 3 is 2.95 bits per heavy atom. The van der Waals surface area contributed by atoms with E-state index in [1.807, 2.05) is 36.4 Å². The van der Waals surface area contributed by atoms with Crippen LogP contribution in [0.1, 0.15) is 5.56 Å². The summed E-state index contributed by atoms with van der Waals surface area (Å²) in [7, 11) is 0. The molecule has 0 radical (unpaired) electrons. The first-order valence-corrected chi connectivity index (χ1v) is 7.63. The minimum atomic E-state index is -0.0641. The number of para-hydroxylation sites is 1. The number of thioether (sulfide) groups is 1. The monoisotopic (exact) mass is 312 g/mol. The molecule has 0 bridgehead atoms. The van der Waals surface area contributed by atoms with Gasteiger partial charge in [-0.3, -0.25) is 14.7 Å². The van der Waals surface area contributed by atoms with Crippen LogP contribution in [0.5, 0.6) is 0 Å². The van der Waals surface area contributed by atoms with Crippen LogP contribution in [0.3, 0.4) is 0 Å². The summed E-state index contributed by atoms with van der Waals surface area (Å²) in [6.45, 7) is 4.10. The molecule has 0 aliphatic carbocycles. The Balaban J connectivity index is 2.03. The molecule has 0 unspecified atom stereocenters. The van der Waals surface area contributed by atoms with E-state index in [1.165, 1.54) is 11.8 Å². The summed E-state index contributed by atoms with van der Waals surface area (Å²) < 4.78 is 0.574. The molecule has 0 N–H and O–H groups in total. The molecule has 1 aliphatic rings. The van der Waals surface area contributed by atoms with Gasteiger partial charge in [0.25, 0.3) is 5.91 Å². The van der Waals surface area contributed by atoms with Gasteiger partial charge in [0.15, 0.2) is 0 Å². The van der Waals surface area contributed by atoms with Gasteiger partial charge in [-0.2, -0.15) is 0 Å². The minimum absolute atomic E-state index is 0.0641. The molecule has 0 spiro atoms. The number of nitrogens with zero attached hydrogens (tertiary/aromatic N) is 2. The highest BCUT2D eigenvalue weighted by Crippen LogP contribution is 2.33. The lowest BCUT2D eigenvalue weighted by Gasteiger charge is -2.10. The van der Waals surface area contributed by atoms with Crippen molar-refractivity contribution in [3.05, 3.63) is 59.7 Å². The van der Waals surface area contributed by atoms with Crippen molar-refractivity contribution in [3.63, 3.8) is 0 Å². The summed E-state index contributed by atoms with van der Waals surface area (Å²) in [6, 6.07) is 9.77. The van der Waals surface area contributed by atoms with Crippen LogP contribution in [0.2, 0.25) is 0 Å². The maximum absolute atomic E-state index is 12.3. The molecule has 2 heterocycles. The Hall–Kier alpha value is -1.98. The van der Waals surface area contributed by atoms with Crippen molar-refractivity contribution in [3.8, 4) is 0 Å². The Labute approximate surface area is 132 Å². The molecule has 1 saturated heterocycles. The fourth-order valence-corrected chi connectivity index (χ4v) is 3.44. The Morgan fingerprint density at radius 2 is 2.14 bits per heavy atom. The van der Waals surface area contributed by atoms with Crippen molar-refractivity contribution < 1.29 is 4.79 Å². The molecule has 3 rings (SSSR count). The zero-order valence-corrected chi connectivity index (χ0v) is 12.8. The number of rotatable bonds is 3. The van der Waals surface area contributed by atoms with Gasteiger partial charge in [-0.25, -0.2) is 0 Å². The normalized spacial score (nSPS) is 17.0. The van der Waals surface area contributed by atoms with Crippen LogP contribution in [-0.2, 0) is 4.79 Å². The minimum Gasteiger partial charge on any atom is -0.289 e. The van der Waals surface area contributed by atoms with Gasteiger partial charge < -0.3 is 0 Å². The molecule has 0 saturated carbocycles. The van der Waals surface area contributed by atoms with E-state index in [1.54, 1.807) is 17.2 Å². The molecule has 1 amide bonds. The number of aromatic nitrogens is 1. The average Bonchev–Trinajstić information content (AvgIpc) is 2.76. The second kappa shape index (κ2) is 5.79. The van der Waals surface area contributed by atoms with Gasteiger partial charge in [-0.05, 0) is 23.8 Å². The van der Waals surface area contributed by atoms with Crippen molar-refractivity contribution in [2.75, 3.05) is 6.54 Å². The van der Waals surface area contributed by atoms with Crippen molar-refractivity contribution >= 4 is 51.2 Å². The molecule has 2 aromatic rings. The van der Waals surface area contributed by atoms with Gasteiger partial charge in [-0.1, -0.05) is 48.3 Å². The highest BCUT2D eigenvalue weighted by Gasteiger charge is 2.31. The van der Waals surface area contributed by atoms with Crippen LogP contribution in [0.25, 0.3) is 17.0 Å². The third-order valence-electron chi connectivity index (χ3n) is 3.15. The summed E-state index contributed by atoms with van der Waals surface area (Å²) in [5, 5.41) is 1.02. The Bertz CT molecular complexity index is 777. The lowest BCUT2D eigenvalue weighted by molar-refractivity contribution is -0.121. The predicted octanol–water partition coefficient (Wildman–Crippen LogP) is 3.62. The summed E-state index contributed by atoms with van der Waals surface area (Å²) >= 11 is 6.57. The third kappa shape index (κ3) is 2.62. The fraction of sp³-hybridized carbons (Fsp3) is 0.0625. The first-order chi connectivity index (χ1) is 10.2. The number of benzene rings is 1. The number of amides is 1. The lowest BCUT2D eigenvalue weighted by atomic mass is 10.1. The molecule has 1 aromatic heterocycles. The second-order valence-electron chi connectivity index (χ2n) is 4.50. The molecule has 1 fully saturated rings. The van der Waals surface area contributed by atoms with E-state index in [9.17, 15) is 4.79 Å². The van der Waals surface area contributed by atoms with E-state index in [-0.39, 0.29) is 5.91 Å². The topological polar surface area (TPSA) is 33.2 Å². The molecule has 3 nitrogen and oxygen atoms in total. The maximum atomic E-state index is 12.3. The van der Waals surface area contributed by atoms with Crippen molar-refractivity contribution in [1.82, 2.24) is 9.88 Å².